The molecular formula is C22H14F6N2O. The third-order valence-electron chi connectivity index (χ3n) is 4.66. The molecule has 3 aromatic rings. The molecule has 0 aliphatic rings. The predicted molar refractivity (Wildman–Crippen MR) is 103 cm³/mol. The average molecular weight is 436 g/mol. The van der Waals surface area contributed by atoms with Gasteiger partial charge in [-0.2, -0.15) is 26.3 Å². The van der Waals surface area contributed by atoms with Gasteiger partial charge in [-0.3, -0.25) is 4.79 Å². The van der Waals surface area contributed by atoms with E-state index in [9.17, 15) is 31.1 Å². The van der Waals surface area contributed by atoms with E-state index in [-0.39, 0.29) is 16.8 Å². The van der Waals surface area contributed by atoms with Gasteiger partial charge >= 0.3 is 12.4 Å². The first-order valence-electron chi connectivity index (χ1n) is 8.88. The van der Waals surface area contributed by atoms with Crippen LogP contribution in [0.3, 0.4) is 0 Å². The van der Waals surface area contributed by atoms with Gasteiger partial charge in [0.1, 0.15) is 0 Å². The minimum Gasteiger partial charge on any atom is -0.313 e. The van der Waals surface area contributed by atoms with Gasteiger partial charge < -0.3 is 4.57 Å². The molecule has 0 atom stereocenters. The van der Waals surface area contributed by atoms with Gasteiger partial charge in [-0.05, 0) is 36.2 Å². The van der Waals surface area contributed by atoms with Crippen LogP contribution in [0, 0.1) is 13.5 Å². The van der Waals surface area contributed by atoms with Gasteiger partial charge in [0, 0.05) is 5.69 Å². The summed E-state index contributed by atoms with van der Waals surface area (Å²) in [7, 11) is 0. The molecule has 0 amide bonds. The Hall–Kier alpha value is -3.54. The van der Waals surface area contributed by atoms with E-state index >= 15 is 0 Å². The zero-order valence-corrected chi connectivity index (χ0v) is 16.0. The Morgan fingerprint density at radius 1 is 0.903 bits per heavy atom. The highest BCUT2D eigenvalue weighted by Gasteiger charge is 2.37. The molecule has 1 heterocycles. The Labute approximate surface area is 173 Å². The van der Waals surface area contributed by atoms with E-state index in [0.29, 0.717) is 11.6 Å². The highest BCUT2D eigenvalue weighted by molar-refractivity contribution is 5.66. The quantitative estimate of drug-likeness (QED) is 0.342. The van der Waals surface area contributed by atoms with Crippen molar-refractivity contribution >= 4 is 5.69 Å². The van der Waals surface area contributed by atoms with Crippen LogP contribution in [0.25, 0.3) is 16.1 Å². The van der Waals surface area contributed by atoms with E-state index in [4.69, 9.17) is 6.57 Å². The third kappa shape index (κ3) is 4.48. The standard InChI is InChI=1S/C22H14F6N2O/c1-13-6-5-8-14(10-13)18-11-17(22(26,27)28)19(29-2)20(31)30(18)12-15-7-3-4-9-16(15)21(23,24)25/h3-11H,12H2,1H3. The Morgan fingerprint density at radius 3 is 2.13 bits per heavy atom. The fourth-order valence-electron chi connectivity index (χ4n) is 3.27. The number of hydrogen-bond acceptors (Lipinski definition) is 1. The van der Waals surface area contributed by atoms with Gasteiger partial charge in [0.15, 0.2) is 0 Å². The van der Waals surface area contributed by atoms with E-state index in [1.54, 1.807) is 19.1 Å². The summed E-state index contributed by atoms with van der Waals surface area (Å²) in [5, 5.41) is 0. The molecule has 0 radical (unpaired) electrons. The van der Waals surface area contributed by atoms with Gasteiger partial charge in [-0.1, -0.05) is 42.0 Å². The van der Waals surface area contributed by atoms with E-state index in [1.807, 2.05) is 0 Å². The number of nitrogens with zero attached hydrogens (tertiary/aromatic N) is 2. The average Bonchev–Trinajstić information content (AvgIpc) is 2.68. The lowest BCUT2D eigenvalue weighted by atomic mass is 10.0. The molecule has 0 bridgehead atoms. The maximum Gasteiger partial charge on any atom is 0.416 e. The van der Waals surface area contributed by atoms with Crippen molar-refractivity contribution in [3.05, 3.63) is 98.6 Å². The maximum atomic E-state index is 13.5. The van der Waals surface area contributed by atoms with Crippen molar-refractivity contribution in [3.63, 3.8) is 0 Å². The number of aromatic nitrogens is 1. The number of benzene rings is 2. The van der Waals surface area contributed by atoms with Crippen LogP contribution in [0.2, 0.25) is 0 Å². The molecule has 0 N–H and O–H groups in total. The number of alkyl halides is 6. The van der Waals surface area contributed by atoms with E-state index in [2.05, 4.69) is 4.85 Å². The number of rotatable bonds is 3. The van der Waals surface area contributed by atoms with Crippen LogP contribution in [-0.4, -0.2) is 4.57 Å². The van der Waals surface area contributed by atoms with E-state index in [1.165, 1.54) is 24.3 Å². The topological polar surface area (TPSA) is 26.4 Å². The Balaban J connectivity index is 2.35. The molecule has 0 spiro atoms. The molecule has 0 unspecified atom stereocenters. The normalized spacial score (nSPS) is 11.9. The molecule has 9 heteroatoms. The minimum atomic E-state index is -4.99. The van der Waals surface area contributed by atoms with Gasteiger partial charge in [0.25, 0.3) is 11.2 Å². The molecule has 2 aromatic carbocycles. The van der Waals surface area contributed by atoms with Crippen LogP contribution in [0.4, 0.5) is 32.0 Å². The van der Waals surface area contributed by atoms with Crippen molar-refractivity contribution < 1.29 is 26.3 Å². The molecular weight excluding hydrogens is 422 g/mol. The van der Waals surface area contributed by atoms with Crippen LogP contribution >= 0.6 is 0 Å². The smallest absolute Gasteiger partial charge is 0.313 e. The Morgan fingerprint density at radius 2 is 1.55 bits per heavy atom. The van der Waals surface area contributed by atoms with Crippen LogP contribution in [0.5, 0.6) is 0 Å². The van der Waals surface area contributed by atoms with Gasteiger partial charge in [0.2, 0.25) is 0 Å². The summed E-state index contributed by atoms with van der Waals surface area (Å²) in [6.07, 6.45) is -9.71. The van der Waals surface area contributed by atoms with Crippen molar-refractivity contribution in [2.45, 2.75) is 25.8 Å². The van der Waals surface area contributed by atoms with E-state index in [0.717, 1.165) is 16.7 Å². The lowest BCUT2D eigenvalue weighted by Gasteiger charge is -2.20. The van der Waals surface area contributed by atoms with E-state index < -0.39 is 41.3 Å². The van der Waals surface area contributed by atoms with Gasteiger partial charge in [0.05, 0.1) is 24.2 Å². The van der Waals surface area contributed by atoms with Crippen molar-refractivity contribution in [2.24, 2.45) is 0 Å². The fourth-order valence-corrected chi connectivity index (χ4v) is 3.27. The second kappa shape index (κ2) is 7.95. The summed E-state index contributed by atoms with van der Waals surface area (Å²) in [5.74, 6) is 0. The van der Waals surface area contributed by atoms with Crippen molar-refractivity contribution in [3.8, 4) is 11.3 Å². The summed E-state index contributed by atoms with van der Waals surface area (Å²) < 4.78 is 81.6. The summed E-state index contributed by atoms with van der Waals surface area (Å²) in [6, 6.07) is 11.3. The highest BCUT2D eigenvalue weighted by Crippen LogP contribution is 2.38. The summed E-state index contributed by atoms with van der Waals surface area (Å²) in [5.41, 5.74) is -4.58. The molecule has 0 saturated heterocycles. The maximum absolute atomic E-state index is 13.5. The summed E-state index contributed by atoms with van der Waals surface area (Å²) in [4.78, 5) is 15.6. The SMILES string of the molecule is [C-]#[N+]c1c(C(F)(F)F)cc(-c2cccc(C)c2)n(Cc2ccccc2C(F)(F)F)c1=O. The fraction of sp³-hybridized carbons (Fsp3) is 0.182. The second-order valence-corrected chi connectivity index (χ2v) is 6.82. The molecule has 0 saturated carbocycles. The van der Waals surface area contributed by atoms with Gasteiger partial charge in [-0.15, -0.1) is 0 Å². The Kier molecular flexibility index (Phi) is 5.68. The van der Waals surface area contributed by atoms with Crippen molar-refractivity contribution in [1.29, 1.82) is 0 Å². The zero-order valence-electron chi connectivity index (χ0n) is 16.0. The predicted octanol–water partition coefficient (Wildman–Crippen LogP) is 6.46. The molecule has 3 nitrogen and oxygen atoms in total. The van der Waals surface area contributed by atoms with Crippen LogP contribution < -0.4 is 5.56 Å². The zero-order chi connectivity index (χ0) is 23.0. The molecule has 1 aromatic heterocycles. The number of pyridine rings is 1. The molecule has 31 heavy (non-hydrogen) atoms. The first-order valence-corrected chi connectivity index (χ1v) is 8.88. The first-order chi connectivity index (χ1) is 14.4. The lowest BCUT2D eigenvalue weighted by Crippen LogP contribution is -2.26. The molecule has 0 aliphatic heterocycles. The monoisotopic (exact) mass is 436 g/mol. The largest absolute Gasteiger partial charge is 0.416 e. The molecule has 0 fully saturated rings. The highest BCUT2D eigenvalue weighted by atomic mass is 19.4. The lowest BCUT2D eigenvalue weighted by molar-refractivity contribution is -0.138. The number of hydrogen-bond donors (Lipinski definition) is 0. The first kappa shape index (κ1) is 22.2. The molecule has 0 aliphatic carbocycles. The Bertz CT molecular complexity index is 1230. The minimum absolute atomic E-state index is 0.212. The van der Waals surface area contributed by atoms with Crippen LogP contribution in [0.1, 0.15) is 22.3 Å². The number of halogens is 6. The second-order valence-electron chi connectivity index (χ2n) is 6.82. The van der Waals surface area contributed by atoms with Crippen LogP contribution in [-0.2, 0) is 18.9 Å². The van der Waals surface area contributed by atoms with Crippen molar-refractivity contribution in [1.82, 2.24) is 4.57 Å². The van der Waals surface area contributed by atoms with Crippen molar-refractivity contribution in [2.75, 3.05) is 0 Å². The number of aryl methyl sites for hydroxylation is 1. The third-order valence-corrected chi connectivity index (χ3v) is 4.66. The summed E-state index contributed by atoms with van der Waals surface area (Å²) >= 11 is 0. The summed E-state index contributed by atoms with van der Waals surface area (Å²) in [6.45, 7) is 8.09. The molecule has 3 rings (SSSR count). The van der Waals surface area contributed by atoms with Gasteiger partial charge in [-0.25, -0.2) is 4.85 Å². The molecule has 160 valence electrons. The van der Waals surface area contributed by atoms with Crippen LogP contribution in [0.15, 0.2) is 59.4 Å².